The van der Waals surface area contributed by atoms with Crippen LogP contribution in [0.3, 0.4) is 0 Å². The Morgan fingerprint density at radius 1 is 1.33 bits per heavy atom. The minimum absolute atomic E-state index is 0.556. The average molecular weight is 354 g/mol. The van der Waals surface area contributed by atoms with Crippen molar-refractivity contribution in [3.63, 3.8) is 0 Å². The van der Waals surface area contributed by atoms with Crippen LogP contribution in [-0.2, 0) is 6.54 Å². The molecule has 1 rings (SSSR count). The zero-order chi connectivity index (χ0) is 15.7. The summed E-state index contributed by atoms with van der Waals surface area (Å²) < 4.78 is 12.1. The van der Waals surface area contributed by atoms with Crippen molar-refractivity contribution >= 4 is 15.9 Å². The first-order chi connectivity index (χ1) is 10.1. The van der Waals surface area contributed by atoms with Crippen LogP contribution in [-0.4, -0.2) is 20.3 Å². The number of nitrogens with one attached hydrogen (secondary N) is 1. The van der Waals surface area contributed by atoms with E-state index in [9.17, 15) is 0 Å². The lowest BCUT2D eigenvalue weighted by atomic mass is 10.2. The Balaban J connectivity index is 2.73. The molecule has 3 nitrogen and oxygen atoms in total. The first-order valence-electron chi connectivity index (χ1n) is 7.18. The number of hydrogen-bond donors (Lipinski definition) is 1. The lowest BCUT2D eigenvalue weighted by Gasteiger charge is -2.14. The highest BCUT2D eigenvalue weighted by molar-refractivity contribution is 9.10. The lowest BCUT2D eigenvalue weighted by molar-refractivity contribution is 0.299. The highest BCUT2D eigenvalue weighted by atomic mass is 79.9. The number of halogens is 1. The number of methoxy groups -OCH3 is 1. The summed E-state index contributed by atoms with van der Waals surface area (Å²) in [6, 6.07) is 4.08. The highest BCUT2D eigenvalue weighted by Crippen LogP contribution is 2.36. The Labute approximate surface area is 136 Å². The van der Waals surface area contributed by atoms with E-state index in [4.69, 9.17) is 9.47 Å². The van der Waals surface area contributed by atoms with Gasteiger partial charge in [-0.1, -0.05) is 13.8 Å². The van der Waals surface area contributed by atoms with Gasteiger partial charge in [0, 0.05) is 13.0 Å². The molecule has 0 aliphatic carbocycles. The van der Waals surface area contributed by atoms with Crippen LogP contribution in [0.1, 0.15) is 32.8 Å². The molecule has 21 heavy (non-hydrogen) atoms. The number of benzene rings is 1. The molecule has 1 aromatic rings. The number of rotatable bonds is 8. The van der Waals surface area contributed by atoms with E-state index in [0.717, 1.165) is 29.1 Å². The van der Waals surface area contributed by atoms with Gasteiger partial charge in [0.05, 0.1) is 18.2 Å². The smallest absolute Gasteiger partial charge is 0.175 e. The van der Waals surface area contributed by atoms with Crippen LogP contribution in [0.15, 0.2) is 16.6 Å². The molecule has 0 saturated carbocycles. The van der Waals surface area contributed by atoms with Gasteiger partial charge in [-0.15, -0.1) is 11.8 Å². The van der Waals surface area contributed by atoms with Crippen molar-refractivity contribution in [2.24, 2.45) is 5.92 Å². The summed E-state index contributed by atoms with van der Waals surface area (Å²) in [5.74, 6) is 7.96. The van der Waals surface area contributed by atoms with Crippen LogP contribution in [0.25, 0.3) is 0 Å². The van der Waals surface area contributed by atoms with Crippen molar-refractivity contribution in [1.82, 2.24) is 5.32 Å². The molecule has 0 radical (unpaired) electrons. The minimum atomic E-state index is 0.556. The Bertz CT molecular complexity index is 503. The van der Waals surface area contributed by atoms with Gasteiger partial charge in [0.25, 0.3) is 0 Å². The van der Waals surface area contributed by atoms with E-state index in [1.165, 1.54) is 5.56 Å². The third-order valence-corrected chi connectivity index (χ3v) is 3.41. The number of ether oxygens (including phenoxy) is 2. The van der Waals surface area contributed by atoms with Gasteiger partial charge in [-0.05, 0) is 53.0 Å². The van der Waals surface area contributed by atoms with Crippen LogP contribution in [0, 0.1) is 17.8 Å². The maximum Gasteiger partial charge on any atom is 0.175 e. The van der Waals surface area contributed by atoms with E-state index in [1.54, 1.807) is 7.11 Å². The van der Waals surface area contributed by atoms with Crippen molar-refractivity contribution in [3.05, 3.63) is 22.2 Å². The average Bonchev–Trinajstić information content (AvgIpc) is 2.44. The Hall–Kier alpha value is -1.18. The van der Waals surface area contributed by atoms with Crippen LogP contribution in [0.5, 0.6) is 11.5 Å². The molecule has 1 N–H and O–H groups in total. The summed E-state index contributed by atoms with van der Waals surface area (Å²) >= 11 is 3.56. The first kappa shape index (κ1) is 17.9. The second-order valence-corrected chi connectivity index (χ2v) is 6.01. The van der Waals surface area contributed by atoms with E-state index in [2.05, 4.69) is 53.0 Å². The van der Waals surface area contributed by atoms with Crippen molar-refractivity contribution in [2.75, 3.05) is 20.3 Å². The van der Waals surface area contributed by atoms with Gasteiger partial charge in [0.1, 0.15) is 0 Å². The molecule has 0 aromatic heterocycles. The molecule has 0 aliphatic rings. The van der Waals surface area contributed by atoms with Gasteiger partial charge < -0.3 is 14.8 Å². The van der Waals surface area contributed by atoms with Crippen LogP contribution >= 0.6 is 15.9 Å². The van der Waals surface area contributed by atoms with Crippen molar-refractivity contribution in [1.29, 1.82) is 0 Å². The molecule has 0 bridgehead atoms. The maximum absolute atomic E-state index is 5.76. The third-order valence-electron chi connectivity index (χ3n) is 2.82. The third kappa shape index (κ3) is 6.41. The molecular formula is C17H24BrNO2. The molecule has 4 heteroatoms. The molecule has 0 unspecified atom stereocenters. The molecule has 0 heterocycles. The van der Waals surface area contributed by atoms with Gasteiger partial charge >= 0.3 is 0 Å². The Morgan fingerprint density at radius 2 is 2.10 bits per heavy atom. The van der Waals surface area contributed by atoms with Gasteiger partial charge in [0.15, 0.2) is 11.5 Å². The highest BCUT2D eigenvalue weighted by Gasteiger charge is 2.11. The summed E-state index contributed by atoms with van der Waals surface area (Å²) in [5, 5.41) is 3.42. The topological polar surface area (TPSA) is 30.5 Å². The van der Waals surface area contributed by atoms with Crippen molar-refractivity contribution < 1.29 is 9.47 Å². The fraction of sp³-hybridized carbons (Fsp3) is 0.529. The molecule has 0 amide bonds. The largest absolute Gasteiger partial charge is 0.493 e. The molecule has 0 fully saturated rings. The summed E-state index contributed by atoms with van der Waals surface area (Å²) in [5.41, 5.74) is 1.17. The van der Waals surface area contributed by atoms with Crippen LogP contribution < -0.4 is 14.8 Å². The van der Waals surface area contributed by atoms with E-state index < -0.39 is 0 Å². The molecule has 0 atom stereocenters. The van der Waals surface area contributed by atoms with Crippen LogP contribution in [0.2, 0.25) is 0 Å². The SMILES string of the molecule is CC#CCCOc1c(Br)cc(CNCC(C)C)cc1OC. The second-order valence-electron chi connectivity index (χ2n) is 5.16. The van der Waals surface area contributed by atoms with Crippen LogP contribution in [0.4, 0.5) is 0 Å². The Morgan fingerprint density at radius 3 is 2.71 bits per heavy atom. The molecule has 0 aliphatic heterocycles. The van der Waals surface area contributed by atoms with E-state index in [1.807, 2.05) is 13.0 Å². The molecule has 0 saturated heterocycles. The summed E-state index contributed by atoms with van der Waals surface area (Å²) in [6.45, 7) is 8.58. The lowest BCUT2D eigenvalue weighted by Crippen LogP contribution is -2.19. The van der Waals surface area contributed by atoms with E-state index in [0.29, 0.717) is 18.9 Å². The molecule has 1 aromatic carbocycles. The fourth-order valence-electron chi connectivity index (χ4n) is 1.85. The Kier molecular flexibility index (Phi) is 8.26. The molecular weight excluding hydrogens is 330 g/mol. The normalized spacial score (nSPS) is 10.2. The molecule has 116 valence electrons. The van der Waals surface area contributed by atoms with Crippen molar-refractivity contribution in [3.8, 4) is 23.3 Å². The standard InChI is InChI=1S/C17H24BrNO2/c1-5-6-7-8-21-17-15(18)9-14(10-16(17)20-4)12-19-11-13(2)3/h9-10,13,19H,7-8,11-12H2,1-4H3. The summed E-state index contributed by atoms with van der Waals surface area (Å²) in [6.07, 6.45) is 0.712. The van der Waals surface area contributed by atoms with E-state index in [-0.39, 0.29) is 0 Å². The first-order valence-corrected chi connectivity index (χ1v) is 7.97. The molecule has 0 spiro atoms. The van der Waals surface area contributed by atoms with E-state index >= 15 is 0 Å². The zero-order valence-corrected chi connectivity index (χ0v) is 14.8. The van der Waals surface area contributed by atoms with Gasteiger partial charge in [-0.3, -0.25) is 0 Å². The predicted octanol–water partition coefficient (Wildman–Crippen LogP) is 4.00. The van der Waals surface area contributed by atoms with Crippen molar-refractivity contribution in [2.45, 2.75) is 33.7 Å². The summed E-state index contributed by atoms with van der Waals surface area (Å²) in [4.78, 5) is 0. The predicted molar refractivity (Wildman–Crippen MR) is 90.8 cm³/mol. The maximum atomic E-state index is 5.76. The second kappa shape index (κ2) is 9.70. The van der Waals surface area contributed by atoms with Gasteiger partial charge in [0.2, 0.25) is 0 Å². The zero-order valence-electron chi connectivity index (χ0n) is 13.3. The van der Waals surface area contributed by atoms with Gasteiger partial charge in [-0.25, -0.2) is 0 Å². The number of hydrogen-bond acceptors (Lipinski definition) is 3. The monoisotopic (exact) mass is 353 g/mol. The quantitative estimate of drug-likeness (QED) is 0.566. The van der Waals surface area contributed by atoms with Gasteiger partial charge in [-0.2, -0.15) is 0 Å². The summed E-state index contributed by atoms with van der Waals surface area (Å²) in [7, 11) is 1.66. The minimum Gasteiger partial charge on any atom is -0.493 e. The fourth-order valence-corrected chi connectivity index (χ4v) is 2.45.